The van der Waals surface area contributed by atoms with E-state index in [1.807, 2.05) is 42.5 Å². The van der Waals surface area contributed by atoms with Crippen molar-refractivity contribution in [2.45, 2.75) is 37.3 Å². The average Bonchev–Trinajstić information content (AvgIpc) is 2.67. The minimum Gasteiger partial charge on any atom is -0.486 e. The normalized spacial score (nSPS) is 23.9. The van der Waals surface area contributed by atoms with Gasteiger partial charge in [0.15, 0.2) is 11.5 Å². The molecule has 2 aliphatic rings. The summed E-state index contributed by atoms with van der Waals surface area (Å²) in [6.07, 6.45) is 3.17. The second-order valence-electron chi connectivity index (χ2n) is 7.09. The summed E-state index contributed by atoms with van der Waals surface area (Å²) in [6, 6.07) is 13.4. The zero-order chi connectivity index (χ0) is 18.7. The van der Waals surface area contributed by atoms with Crippen LogP contribution < -0.4 is 14.8 Å². The number of benzene rings is 2. The zero-order valence-electron chi connectivity index (χ0n) is 15.0. The molecule has 1 fully saturated rings. The lowest BCUT2D eigenvalue weighted by molar-refractivity contribution is 0.0561. The first kappa shape index (κ1) is 18.0. The summed E-state index contributed by atoms with van der Waals surface area (Å²) >= 11 is 6.01. The van der Waals surface area contributed by atoms with Crippen LogP contribution in [0.2, 0.25) is 5.02 Å². The Morgan fingerprint density at radius 3 is 2.81 bits per heavy atom. The van der Waals surface area contributed by atoms with Gasteiger partial charge >= 0.3 is 0 Å². The van der Waals surface area contributed by atoms with Crippen molar-refractivity contribution >= 4 is 17.3 Å². The first-order valence-electron chi connectivity index (χ1n) is 9.27. The minimum atomic E-state index is -0.994. The van der Waals surface area contributed by atoms with Gasteiger partial charge in [-0.3, -0.25) is 0 Å². The molecule has 0 aromatic heterocycles. The second kappa shape index (κ2) is 7.72. The molecule has 5 heteroatoms. The number of ether oxygens (including phenoxy) is 2. The molecule has 0 bridgehead atoms. The van der Waals surface area contributed by atoms with Gasteiger partial charge in [-0.05, 0) is 49.6 Å². The maximum atomic E-state index is 11.0. The fourth-order valence-electron chi connectivity index (χ4n) is 3.61. The van der Waals surface area contributed by atoms with Crippen LogP contribution in [-0.2, 0) is 0 Å². The Balaban J connectivity index is 1.45. The highest BCUT2D eigenvalue weighted by molar-refractivity contribution is 6.30. The van der Waals surface area contributed by atoms with E-state index in [-0.39, 0.29) is 6.04 Å². The Bertz CT molecular complexity index is 889. The minimum absolute atomic E-state index is 0.153. The van der Waals surface area contributed by atoms with Gasteiger partial charge in [0.2, 0.25) is 0 Å². The van der Waals surface area contributed by atoms with Gasteiger partial charge in [-0.25, -0.2) is 0 Å². The van der Waals surface area contributed by atoms with Crippen molar-refractivity contribution in [1.82, 2.24) is 0 Å². The maximum Gasteiger partial charge on any atom is 0.163 e. The summed E-state index contributed by atoms with van der Waals surface area (Å²) in [5.41, 5.74) is 0.792. The van der Waals surface area contributed by atoms with Gasteiger partial charge in [0.25, 0.3) is 0 Å². The molecule has 1 heterocycles. The van der Waals surface area contributed by atoms with Crippen molar-refractivity contribution in [2.75, 3.05) is 18.5 Å². The molecule has 0 amide bonds. The van der Waals surface area contributed by atoms with Crippen molar-refractivity contribution in [2.24, 2.45) is 0 Å². The molecule has 4 nitrogen and oxygen atoms in total. The number of anilines is 1. The third-order valence-corrected chi connectivity index (χ3v) is 5.14. The largest absolute Gasteiger partial charge is 0.486 e. The Labute approximate surface area is 164 Å². The fourth-order valence-corrected chi connectivity index (χ4v) is 3.80. The third-order valence-electron chi connectivity index (χ3n) is 4.90. The summed E-state index contributed by atoms with van der Waals surface area (Å²) in [4.78, 5) is 0. The number of aliphatic hydroxyl groups is 1. The average molecular weight is 384 g/mol. The lowest BCUT2D eigenvalue weighted by Gasteiger charge is -2.34. The predicted octanol–water partition coefficient (Wildman–Crippen LogP) is 4.25. The molecule has 1 aliphatic carbocycles. The smallest absolute Gasteiger partial charge is 0.163 e. The van der Waals surface area contributed by atoms with Gasteiger partial charge < -0.3 is 19.9 Å². The second-order valence-corrected chi connectivity index (χ2v) is 7.52. The van der Waals surface area contributed by atoms with Gasteiger partial charge in [-0.2, -0.15) is 0 Å². The highest BCUT2D eigenvalue weighted by atomic mass is 35.5. The monoisotopic (exact) mass is 383 g/mol. The van der Waals surface area contributed by atoms with Gasteiger partial charge in [0.05, 0.1) is 0 Å². The molecule has 0 spiro atoms. The van der Waals surface area contributed by atoms with Crippen LogP contribution >= 0.6 is 11.6 Å². The zero-order valence-corrected chi connectivity index (χ0v) is 15.8. The number of fused-ring (bicyclic) bond motifs is 1. The topological polar surface area (TPSA) is 50.7 Å². The predicted molar refractivity (Wildman–Crippen MR) is 107 cm³/mol. The molecule has 1 aliphatic heterocycles. The molecule has 4 rings (SSSR count). The quantitative estimate of drug-likeness (QED) is 0.761. The molecular weight excluding hydrogens is 362 g/mol. The van der Waals surface area contributed by atoms with E-state index in [1.165, 1.54) is 0 Å². The summed E-state index contributed by atoms with van der Waals surface area (Å²) in [5, 5.41) is 15.1. The molecule has 0 unspecified atom stereocenters. The highest BCUT2D eigenvalue weighted by Crippen LogP contribution is 2.35. The summed E-state index contributed by atoms with van der Waals surface area (Å²) < 4.78 is 11.2. The lowest BCUT2D eigenvalue weighted by atomic mass is 9.82. The number of nitrogens with one attached hydrogen (secondary N) is 1. The van der Waals surface area contributed by atoms with Crippen molar-refractivity contribution in [1.29, 1.82) is 0 Å². The molecule has 1 saturated carbocycles. The molecule has 0 radical (unpaired) electrons. The van der Waals surface area contributed by atoms with E-state index in [0.29, 0.717) is 31.1 Å². The molecule has 0 saturated heterocycles. The van der Waals surface area contributed by atoms with Gasteiger partial charge in [-0.1, -0.05) is 29.5 Å². The van der Waals surface area contributed by atoms with Crippen LogP contribution in [0.3, 0.4) is 0 Å². The third kappa shape index (κ3) is 4.50. The van der Waals surface area contributed by atoms with E-state index in [9.17, 15) is 5.11 Å². The number of halogens is 1. The summed E-state index contributed by atoms with van der Waals surface area (Å²) in [5.74, 6) is 7.68. The highest BCUT2D eigenvalue weighted by Gasteiger charge is 2.33. The molecule has 2 atom stereocenters. The fraction of sp³-hybridized carbons (Fsp3) is 0.364. The van der Waals surface area contributed by atoms with Crippen LogP contribution in [0.1, 0.15) is 31.2 Å². The number of hydrogen-bond acceptors (Lipinski definition) is 4. The molecule has 2 aromatic carbocycles. The van der Waals surface area contributed by atoms with Gasteiger partial charge in [0, 0.05) is 34.8 Å². The van der Waals surface area contributed by atoms with E-state index in [1.54, 1.807) is 0 Å². The lowest BCUT2D eigenvalue weighted by Crippen LogP contribution is -2.39. The Hall–Kier alpha value is -2.35. The SMILES string of the molecule is O[C@]1(C#Cc2cccc(Cl)c2)CCC[C@@H](Nc2ccc3c(c2)OCCO3)C1. The van der Waals surface area contributed by atoms with Crippen molar-refractivity contribution in [3.8, 4) is 23.3 Å². The molecular formula is C22H22ClNO3. The van der Waals surface area contributed by atoms with E-state index in [0.717, 1.165) is 35.6 Å². The standard InChI is InChI=1S/C22H22ClNO3/c23-17-4-1-3-16(13-17)8-10-22(25)9-2-5-19(15-22)24-18-6-7-20-21(14-18)27-12-11-26-20/h1,3-4,6-7,13-14,19,24-25H,2,5,9,11-12,15H2/t19-,22+/m1/s1. The Morgan fingerprint density at radius 2 is 1.96 bits per heavy atom. The van der Waals surface area contributed by atoms with Crippen molar-refractivity contribution in [3.05, 3.63) is 53.1 Å². The Kier molecular flexibility index (Phi) is 5.15. The van der Waals surface area contributed by atoms with Gasteiger partial charge in [-0.15, -0.1) is 0 Å². The summed E-state index contributed by atoms with van der Waals surface area (Å²) in [6.45, 7) is 1.15. The van der Waals surface area contributed by atoms with E-state index in [2.05, 4.69) is 17.2 Å². The van der Waals surface area contributed by atoms with Crippen LogP contribution in [0.5, 0.6) is 11.5 Å². The van der Waals surface area contributed by atoms with Crippen LogP contribution in [0, 0.1) is 11.8 Å². The van der Waals surface area contributed by atoms with Crippen LogP contribution in [0.15, 0.2) is 42.5 Å². The van der Waals surface area contributed by atoms with Crippen LogP contribution in [-0.4, -0.2) is 30.0 Å². The molecule has 2 aromatic rings. The van der Waals surface area contributed by atoms with Gasteiger partial charge in [0.1, 0.15) is 18.8 Å². The summed E-state index contributed by atoms with van der Waals surface area (Å²) in [7, 11) is 0. The van der Waals surface area contributed by atoms with Crippen LogP contribution in [0.25, 0.3) is 0 Å². The first-order valence-corrected chi connectivity index (χ1v) is 9.65. The first-order chi connectivity index (χ1) is 13.1. The van der Waals surface area contributed by atoms with E-state index < -0.39 is 5.60 Å². The number of rotatable bonds is 2. The Morgan fingerprint density at radius 1 is 1.11 bits per heavy atom. The van der Waals surface area contributed by atoms with E-state index in [4.69, 9.17) is 21.1 Å². The molecule has 2 N–H and O–H groups in total. The van der Waals surface area contributed by atoms with E-state index >= 15 is 0 Å². The molecule has 27 heavy (non-hydrogen) atoms. The van der Waals surface area contributed by atoms with Crippen molar-refractivity contribution < 1.29 is 14.6 Å². The van der Waals surface area contributed by atoms with Crippen LogP contribution in [0.4, 0.5) is 5.69 Å². The molecule has 140 valence electrons. The number of hydrogen-bond donors (Lipinski definition) is 2. The van der Waals surface area contributed by atoms with Crippen molar-refractivity contribution in [3.63, 3.8) is 0 Å². The maximum absolute atomic E-state index is 11.0.